The van der Waals surface area contributed by atoms with Gasteiger partial charge in [0.15, 0.2) is 6.10 Å². The van der Waals surface area contributed by atoms with Crippen molar-refractivity contribution < 1.29 is 28.4 Å². The molecule has 5 rings (SSSR count). The van der Waals surface area contributed by atoms with E-state index < -0.39 is 35.8 Å². The number of hydrogen-bond donors (Lipinski definition) is 0. The van der Waals surface area contributed by atoms with E-state index in [4.69, 9.17) is 25.6 Å². The molecular weight excluding hydrogens is 448 g/mol. The average Bonchev–Trinajstić information content (AvgIpc) is 3.52. The highest BCUT2D eigenvalue weighted by molar-refractivity contribution is 6.30. The van der Waals surface area contributed by atoms with Crippen LogP contribution in [0.15, 0.2) is 71.3 Å². The van der Waals surface area contributed by atoms with Gasteiger partial charge < -0.3 is 9.15 Å². The Kier molecular flexibility index (Phi) is 5.39. The first-order valence-corrected chi connectivity index (χ1v) is 10.8. The Bertz CT molecular complexity index is 1190. The smallest absolute Gasteiger partial charge is 0.338 e. The Balaban J connectivity index is 1.48. The van der Waals surface area contributed by atoms with E-state index in [1.807, 2.05) is 0 Å². The van der Waals surface area contributed by atoms with Gasteiger partial charge in [-0.2, -0.15) is 0 Å². The molecule has 0 spiro atoms. The highest BCUT2D eigenvalue weighted by Crippen LogP contribution is 2.47. The summed E-state index contributed by atoms with van der Waals surface area (Å²) in [7, 11) is 0. The van der Waals surface area contributed by atoms with E-state index >= 15 is 0 Å². The number of fused-ring (bicyclic) bond motifs is 1. The molecule has 3 heterocycles. The number of anilines is 2. The van der Waals surface area contributed by atoms with E-state index in [2.05, 4.69) is 0 Å². The SMILES string of the molecule is CCOC(=O)c1ccc(N2C(=O)[C@H]3[C@@H](ON(c4ccc(Cl)cc4)[C@H]3c3ccco3)C2=O)cc1. The van der Waals surface area contributed by atoms with Crippen LogP contribution in [0.4, 0.5) is 11.4 Å². The van der Waals surface area contributed by atoms with Crippen molar-refractivity contribution in [2.24, 2.45) is 5.92 Å². The maximum Gasteiger partial charge on any atom is 0.338 e. The zero-order chi connectivity index (χ0) is 23.1. The lowest BCUT2D eigenvalue weighted by Gasteiger charge is -2.27. The van der Waals surface area contributed by atoms with E-state index in [9.17, 15) is 14.4 Å². The predicted octanol–water partition coefficient (Wildman–Crippen LogP) is 4.16. The number of esters is 1. The molecule has 2 fully saturated rings. The predicted molar refractivity (Wildman–Crippen MR) is 119 cm³/mol. The first-order valence-electron chi connectivity index (χ1n) is 10.4. The Hall–Kier alpha value is -3.62. The van der Waals surface area contributed by atoms with Gasteiger partial charge in [0.05, 0.1) is 29.8 Å². The summed E-state index contributed by atoms with van der Waals surface area (Å²) < 4.78 is 10.6. The van der Waals surface area contributed by atoms with Crippen LogP contribution in [0.25, 0.3) is 0 Å². The molecule has 0 radical (unpaired) electrons. The number of rotatable bonds is 5. The summed E-state index contributed by atoms with van der Waals surface area (Å²) in [6, 6.07) is 15.9. The van der Waals surface area contributed by atoms with E-state index in [1.165, 1.54) is 23.5 Å². The molecule has 0 unspecified atom stereocenters. The van der Waals surface area contributed by atoms with Crippen LogP contribution in [-0.2, 0) is 19.2 Å². The molecule has 3 aromatic rings. The van der Waals surface area contributed by atoms with E-state index in [1.54, 1.807) is 55.5 Å². The van der Waals surface area contributed by atoms with Gasteiger partial charge in [0.2, 0.25) is 5.91 Å². The van der Waals surface area contributed by atoms with Gasteiger partial charge in [-0.25, -0.2) is 14.8 Å². The summed E-state index contributed by atoms with van der Waals surface area (Å²) in [6.45, 7) is 1.97. The summed E-state index contributed by atoms with van der Waals surface area (Å²) in [4.78, 5) is 45.8. The largest absolute Gasteiger partial charge is 0.467 e. The minimum atomic E-state index is -1.02. The van der Waals surface area contributed by atoms with Crippen LogP contribution < -0.4 is 9.96 Å². The van der Waals surface area contributed by atoms with Crippen LogP contribution >= 0.6 is 11.6 Å². The molecule has 33 heavy (non-hydrogen) atoms. The molecule has 8 nitrogen and oxygen atoms in total. The first kappa shape index (κ1) is 21.2. The van der Waals surface area contributed by atoms with Crippen molar-refractivity contribution in [1.82, 2.24) is 0 Å². The molecule has 2 aliphatic heterocycles. The van der Waals surface area contributed by atoms with Gasteiger partial charge in [-0.1, -0.05) is 11.6 Å². The van der Waals surface area contributed by atoms with Gasteiger partial charge in [0, 0.05) is 5.02 Å². The first-order chi connectivity index (χ1) is 16.0. The Morgan fingerprint density at radius 2 is 1.70 bits per heavy atom. The fraction of sp³-hybridized carbons (Fsp3) is 0.208. The molecule has 2 amide bonds. The van der Waals surface area contributed by atoms with Crippen molar-refractivity contribution in [2.75, 3.05) is 16.6 Å². The Labute approximate surface area is 194 Å². The summed E-state index contributed by atoms with van der Waals surface area (Å²) >= 11 is 6.01. The lowest BCUT2D eigenvalue weighted by molar-refractivity contribution is -0.126. The van der Waals surface area contributed by atoms with Gasteiger partial charge in [-0.3, -0.25) is 14.4 Å². The normalized spacial score (nSPS) is 22.1. The minimum absolute atomic E-state index is 0.253. The van der Waals surface area contributed by atoms with Gasteiger partial charge >= 0.3 is 5.97 Å². The maximum absolute atomic E-state index is 13.5. The summed E-state index contributed by atoms with van der Waals surface area (Å²) in [5, 5.41) is 2.08. The van der Waals surface area contributed by atoms with Gasteiger partial charge in [0.1, 0.15) is 17.7 Å². The fourth-order valence-electron chi connectivity index (χ4n) is 4.19. The lowest BCUT2D eigenvalue weighted by Crippen LogP contribution is -2.37. The molecule has 1 aromatic heterocycles. The molecule has 9 heteroatoms. The molecule has 2 aromatic carbocycles. The summed E-state index contributed by atoms with van der Waals surface area (Å²) in [5.74, 6) is -1.68. The number of furan rings is 1. The number of nitrogens with zero attached hydrogens (tertiary/aromatic N) is 2. The van der Waals surface area contributed by atoms with Crippen LogP contribution in [0.3, 0.4) is 0 Å². The third-order valence-corrected chi connectivity index (χ3v) is 5.92. The van der Waals surface area contributed by atoms with Crippen LogP contribution in [0.5, 0.6) is 0 Å². The fourth-order valence-corrected chi connectivity index (χ4v) is 4.32. The third kappa shape index (κ3) is 3.57. The number of ether oxygens (including phenoxy) is 1. The standard InChI is InChI=1S/C24H19ClN2O6/c1-2-31-24(30)14-5-9-16(10-6-14)26-22(28)19-20(18-4-3-13-32-18)27(33-21(19)23(26)29)17-11-7-15(25)8-12-17/h3-13,19-21H,2H2,1H3/t19-,20+,21-/m1/s1. The van der Waals surface area contributed by atoms with Crippen molar-refractivity contribution in [1.29, 1.82) is 0 Å². The molecule has 0 N–H and O–H groups in total. The number of carbonyl (C=O) groups excluding carboxylic acids is 3. The maximum atomic E-state index is 13.5. The molecular formula is C24H19ClN2O6. The van der Waals surface area contributed by atoms with Crippen LogP contribution in [0.2, 0.25) is 5.02 Å². The number of hydrogen-bond acceptors (Lipinski definition) is 7. The second-order valence-corrected chi connectivity index (χ2v) is 8.03. The number of hydroxylamine groups is 1. The quantitative estimate of drug-likeness (QED) is 0.412. The second kappa shape index (κ2) is 8.38. The summed E-state index contributed by atoms with van der Waals surface area (Å²) in [5.41, 5.74) is 1.33. The number of imide groups is 1. The van der Waals surface area contributed by atoms with E-state index in [0.717, 1.165) is 4.90 Å². The minimum Gasteiger partial charge on any atom is -0.467 e. The average molecular weight is 467 g/mol. The summed E-state index contributed by atoms with van der Waals surface area (Å²) in [6.07, 6.45) is 0.489. The Morgan fingerprint density at radius 1 is 1.00 bits per heavy atom. The second-order valence-electron chi connectivity index (χ2n) is 7.59. The monoisotopic (exact) mass is 466 g/mol. The molecule has 0 bridgehead atoms. The van der Waals surface area contributed by atoms with Crippen molar-refractivity contribution in [3.63, 3.8) is 0 Å². The van der Waals surface area contributed by atoms with Crippen molar-refractivity contribution in [3.8, 4) is 0 Å². The zero-order valence-corrected chi connectivity index (χ0v) is 18.3. The molecule has 168 valence electrons. The topological polar surface area (TPSA) is 89.3 Å². The number of benzene rings is 2. The van der Waals surface area contributed by atoms with Gasteiger partial charge in [-0.15, -0.1) is 0 Å². The van der Waals surface area contributed by atoms with Crippen LogP contribution in [-0.4, -0.2) is 30.5 Å². The Morgan fingerprint density at radius 3 is 2.33 bits per heavy atom. The van der Waals surface area contributed by atoms with Crippen molar-refractivity contribution in [2.45, 2.75) is 19.1 Å². The highest BCUT2D eigenvalue weighted by Gasteiger charge is 2.61. The van der Waals surface area contributed by atoms with Gasteiger partial charge in [-0.05, 0) is 67.6 Å². The zero-order valence-electron chi connectivity index (χ0n) is 17.5. The molecule has 0 aliphatic carbocycles. The number of halogens is 1. The molecule has 0 saturated carbocycles. The number of carbonyl (C=O) groups is 3. The van der Waals surface area contributed by atoms with E-state index in [0.29, 0.717) is 27.7 Å². The van der Waals surface area contributed by atoms with Crippen molar-refractivity contribution >= 4 is 40.8 Å². The highest BCUT2D eigenvalue weighted by atomic mass is 35.5. The van der Waals surface area contributed by atoms with Crippen LogP contribution in [0, 0.1) is 5.92 Å². The van der Waals surface area contributed by atoms with Gasteiger partial charge in [0.25, 0.3) is 5.91 Å². The van der Waals surface area contributed by atoms with Crippen molar-refractivity contribution in [3.05, 3.63) is 83.3 Å². The third-order valence-electron chi connectivity index (χ3n) is 5.67. The molecule has 3 atom stereocenters. The van der Waals surface area contributed by atoms with Crippen LogP contribution in [0.1, 0.15) is 29.1 Å². The lowest BCUT2D eigenvalue weighted by atomic mass is 9.94. The van der Waals surface area contributed by atoms with E-state index in [-0.39, 0.29) is 6.61 Å². The number of amides is 2. The molecule has 2 saturated heterocycles. The molecule has 2 aliphatic rings.